The van der Waals surface area contributed by atoms with Crippen LogP contribution < -0.4 is 19.5 Å². The van der Waals surface area contributed by atoms with E-state index in [9.17, 15) is 9.90 Å². The van der Waals surface area contributed by atoms with Gasteiger partial charge in [0.1, 0.15) is 5.75 Å². The molecule has 0 aliphatic rings. The molecule has 6 nitrogen and oxygen atoms in total. The van der Waals surface area contributed by atoms with Crippen molar-refractivity contribution in [2.24, 2.45) is 0 Å². The Bertz CT molecular complexity index is 747. The lowest BCUT2D eigenvalue weighted by molar-refractivity contribution is -0.122. The maximum absolute atomic E-state index is 11.5. The molecule has 0 aliphatic carbocycles. The Morgan fingerprint density at radius 3 is 2.59 bits per heavy atom. The van der Waals surface area contributed by atoms with Gasteiger partial charge in [-0.2, -0.15) is 0 Å². The van der Waals surface area contributed by atoms with E-state index in [1.165, 1.54) is 0 Å². The summed E-state index contributed by atoms with van der Waals surface area (Å²) in [6, 6.07) is 12.9. The van der Waals surface area contributed by atoms with Gasteiger partial charge in [0.2, 0.25) is 0 Å². The fraction of sp³-hybridized carbons (Fsp3) is 0.381. The van der Waals surface area contributed by atoms with E-state index in [0.717, 1.165) is 11.1 Å². The molecule has 6 heteroatoms. The molecule has 0 bridgehead atoms. The van der Waals surface area contributed by atoms with Crippen molar-refractivity contribution in [3.8, 4) is 17.2 Å². The molecular formula is C21H27NO5. The van der Waals surface area contributed by atoms with Crippen LogP contribution in [0, 0.1) is 0 Å². The van der Waals surface area contributed by atoms with Gasteiger partial charge in [0, 0.05) is 6.54 Å². The zero-order valence-electron chi connectivity index (χ0n) is 16.0. The van der Waals surface area contributed by atoms with Crippen LogP contribution in [0.3, 0.4) is 0 Å². The zero-order valence-corrected chi connectivity index (χ0v) is 16.0. The molecule has 0 fully saturated rings. The van der Waals surface area contributed by atoms with Gasteiger partial charge in [-0.05, 0) is 55.2 Å². The standard InChI is InChI=1S/C21H27NO5/c1-4-22-21(24)14-27-17-7-5-6-16(13-17)18(23)10-8-15-9-11-19(25-2)20(12-15)26-3/h5-7,9,11-13,18,23H,4,8,10,14H2,1-3H3,(H,22,24)/t18-/m1/s1. The third kappa shape index (κ3) is 6.18. The quantitative estimate of drug-likeness (QED) is 0.670. The number of hydrogen-bond acceptors (Lipinski definition) is 5. The van der Waals surface area contributed by atoms with Crippen LogP contribution in [-0.2, 0) is 11.2 Å². The molecule has 0 aromatic heterocycles. The first-order valence-corrected chi connectivity index (χ1v) is 8.95. The topological polar surface area (TPSA) is 77.0 Å². The maximum Gasteiger partial charge on any atom is 0.257 e. The van der Waals surface area contributed by atoms with Crippen LogP contribution in [0.15, 0.2) is 42.5 Å². The number of benzene rings is 2. The average Bonchev–Trinajstić information content (AvgIpc) is 2.70. The Labute approximate surface area is 160 Å². The number of amides is 1. The molecule has 2 aromatic carbocycles. The number of aliphatic hydroxyl groups is 1. The number of methoxy groups -OCH3 is 2. The van der Waals surface area contributed by atoms with Gasteiger partial charge in [-0.3, -0.25) is 4.79 Å². The molecule has 0 saturated heterocycles. The SMILES string of the molecule is CCNC(=O)COc1cccc([C@H](O)CCc2ccc(OC)c(OC)c2)c1. The Morgan fingerprint density at radius 2 is 1.89 bits per heavy atom. The zero-order chi connectivity index (χ0) is 19.6. The highest BCUT2D eigenvalue weighted by molar-refractivity contribution is 5.77. The smallest absolute Gasteiger partial charge is 0.257 e. The molecule has 1 atom stereocenters. The summed E-state index contributed by atoms with van der Waals surface area (Å²) in [7, 11) is 3.20. The Kier molecular flexibility index (Phi) is 7.95. The van der Waals surface area contributed by atoms with Crippen molar-refractivity contribution < 1.29 is 24.1 Å². The Hall–Kier alpha value is -2.73. The third-order valence-electron chi connectivity index (χ3n) is 4.14. The number of rotatable bonds is 10. The summed E-state index contributed by atoms with van der Waals surface area (Å²) in [6.07, 6.45) is 0.604. The van der Waals surface area contributed by atoms with E-state index >= 15 is 0 Å². The number of nitrogens with one attached hydrogen (secondary N) is 1. The molecule has 0 saturated carbocycles. The summed E-state index contributed by atoms with van der Waals surface area (Å²) in [4.78, 5) is 11.5. The summed E-state index contributed by atoms with van der Waals surface area (Å²) in [5.41, 5.74) is 1.80. The first kappa shape index (κ1) is 20.6. The summed E-state index contributed by atoms with van der Waals surface area (Å²) >= 11 is 0. The highest BCUT2D eigenvalue weighted by atomic mass is 16.5. The van der Waals surface area contributed by atoms with Gasteiger partial charge in [0.05, 0.1) is 20.3 Å². The van der Waals surface area contributed by atoms with Crippen LogP contribution in [0.1, 0.15) is 30.6 Å². The van der Waals surface area contributed by atoms with Gasteiger partial charge < -0.3 is 24.6 Å². The van der Waals surface area contributed by atoms with Crippen LogP contribution in [0.25, 0.3) is 0 Å². The van der Waals surface area contributed by atoms with E-state index in [1.54, 1.807) is 26.4 Å². The molecule has 2 rings (SSSR count). The number of aryl methyl sites for hydroxylation is 1. The first-order chi connectivity index (χ1) is 13.1. The Balaban J connectivity index is 1.95. The minimum absolute atomic E-state index is 0.0426. The van der Waals surface area contributed by atoms with Crippen molar-refractivity contribution in [2.45, 2.75) is 25.9 Å². The third-order valence-corrected chi connectivity index (χ3v) is 4.14. The van der Waals surface area contributed by atoms with Gasteiger partial charge >= 0.3 is 0 Å². The fourth-order valence-electron chi connectivity index (χ4n) is 2.71. The largest absolute Gasteiger partial charge is 0.493 e. The maximum atomic E-state index is 11.5. The number of likely N-dealkylation sites (N-methyl/N-ethyl adjacent to an activating group) is 1. The average molecular weight is 373 g/mol. The van der Waals surface area contributed by atoms with E-state index in [-0.39, 0.29) is 12.5 Å². The monoisotopic (exact) mass is 373 g/mol. The lowest BCUT2D eigenvalue weighted by Gasteiger charge is -2.14. The lowest BCUT2D eigenvalue weighted by Crippen LogP contribution is -2.28. The van der Waals surface area contributed by atoms with Crippen molar-refractivity contribution >= 4 is 5.91 Å². The highest BCUT2D eigenvalue weighted by Crippen LogP contribution is 2.29. The normalized spacial score (nSPS) is 11.6. The minimum Gasteiger partial charge on any atom is -0.493 e. The minimum atomic E-state index is -0.633. The number of aliphatic hydroxyl groups excluding tert-OH is 1. The molecule has 0 radical (unpaired) electrons. The van der Waals surface area contributed by atoms with Gasteiger partial charge in [-0.1, -0.05) is 18.2 Å². The van der Waals surface area contributed by atoms with Crippen molar-refractivity contribution in [2.75, 3.05) is 27.4 Å². The van der Waals surface area contributed by atoms with Crippen molar-refractivity contribution in [1.29, 1.82) is 0 Å². The molecule has 146 valence electrons. The molecule has 0 aliphatic heterocycles. The summed E-state index contributed by atoms with van der Waals surface area (Å²) in [5, 5.41) is 13.2. The second kappa shape index (κ2) is 10.4. The van der Waals surface area contributed by atoms with Crippen molar-refractivity contribution in [3.63, 3.8) is 0 Å². The molecule has 0 heterocycles. The second-order valence-electron chi connectivity index (χ2n) is 6.06. The van der Waals surface area contributed by atoms with Crippen LogP contribution in [0.2, 0.25) is 0 Å². The molecule has 2 aromatic rings. The van der Waals surface area contributed by atoms with Gasteiger partial charge in [-0.15, -0.1) is 0 Å². The molecular weight excluding hydrogens is 346 g/mol. The summed E-state index contributed by atoms with van der Waals surface area (Å²) in [6.45, 7) is 2.38. The van der Waals surface area contributed by atoms with Crippen molar-refractivity contribution in [1.82, 2.24) is 5.32 Å². The van der Waals surface area contributed by atoms with E-state index in [2.05, 4.69) is 5.32 Å². The van der Waals surface area contributed by atoms with Crippen LogP contribution >= 0.6 is 0 Å². The van der Waals surface area contributed by atoms with Crippen LogP contribution in [-0.4, -0.2) is 38.4 Å². The summed E-state index contributed by atoms with van der Waals surface area (Å²) in [5.74, 6) is 1.74. The fourth-order valence-corrected chi connectivity index (χ4v) is 2.71. The number of hydrogen-bond donors (Lipinski definition) is 2. The van der Waals surface area contributed by atoms with E-state index in [1.807, 2.05) is 37.3 Å². The predicted molar refractivity (Wildman–Crippen MR) is 103 cm³/mol. The van der Waals surface area contributed by atoms with Crippen LogP contribution in [0.4, 0.5) is 0 Å². The van der Waals surface area contributed by atoms with Gasteiger partial charge in [0.25, 0.3) is 5.91 Å². The first-order valence-electron chi connectivity index (χ1n) is 8.95. The van der Waals surface area contributed by atoms with E-state index in [4.69, 9.17) is 14.2 Å². The molecule has 27 heavy (non-hydrogen) atoms. The van der Waals surface area contributed by atoms with Crippen LogP contribution in [0.5, 0.6) is 17.2 Å². The van der Waals surface area contributed by atoms with E-state index < -0.39 is 6.10 Å². The molecule has 1 amide bonds. The van der Waals surface area contributed by atoms with Gasteiger partial charge in [-0.25, -0.2) is 0 Å². The lowest BCUT2D eigenvalue weighted by atomic mass is 10.0. The number of ether oxygens (including phenoxy) is 3. The van der Waals surface area contributed by atoms with Gasteiger partial charge in [0.15, 0.2) is 18.1 Å². The molecule has 2 N–H and O–H groups in total. The Morgan fingerprint density at radius 1 is 1.11 bits per heavy atom. The predicted octanol–water partition coefficient (Wildman–Crippen LogP) is 2.88. The number of carbonyl (C=O) groups excluding carboxylic acids is 1. The summed E-state index contributed by atoms with van der Waals surface area (Å²) < 4.78 is 16.0. The van der Waals surface area contributed by atoms with E-state index in [0.29, 0.717) is 36.6 Å². The highest BCUT2D eigenvalue weighted by Gasteiger charge is 2.11. The molecule has 0 unspecified atom stereocenters. The molecule has 0 spiro atoms. The number of carbonyl (C=O) groups is 1. The van der Waals surface area contributed by atoms with Crippen molar-refractivity contribution in [3.05, 3.63) is 53.6 Å². The second-order valence-corrected chi connectivity index (χ2v) is 6.06.